The van der Waals surface area contributed by atoms with E-state index in [0.29, 0.717) is 24.8 Å². The minimum absolute atomic E-state index is 0.132. The summed E-state index contributed by atoms with van der Waals surface area (Å²) in [5.74, 6) is 1.08. The third-order valence-electron chi connectivity index (χ3n) is 4.49. The van der Waals surface area contributed by atoms with Gasteiger partial charge in [-0.1, -0.05) is 6.42 Å². The highest BCUT2D eigenvalue weighted by Crippen LogP contribution is 2.39. The Kier molecular flexibility index (Phi) is 3.73. The maximum Gasteiger partial charge on any atom is 0.220 e. The van der Waals surface area contributed by atoms with Gasteiger partial charge in [0.25, 0.3) is 0 Å². The number of carbonyl (C=O) groups is 1. The number of rotatable bonds is 5. The summed E-state index contributed by atoms with van der Waals surface area (Å²) < 4.78 is 0. The lowest BCUT2D eigenvalue weighted by molar-refractivity contribution is -0.124. The molecule has 3 atom stereocenters. The summed E-state index contributed by atoms with van der Waals surface area (Å²) in [5, 5.41) is 3.13. The Balaban J connectivity index is 1.83. The first-order valence-electron chi connectivity index (χ1n) is 6.82. The number of carbonyl (C=O) groups excluding carboxylic acids is 1. The van der Waals surface area contributed by atoms with Gasteiger partial charge in [0.2, 0.25) is 5.91 Å². The smallest absolute Gasteiger partial charge is 0.220 e. The van der Waals surface area contributed by atoms with Crippen molar-refractivity contribution in [2.75, 3.05) is 6.54 Å². The average Bonchev–Trinajstić information content (AvgIpc) is 3.06. The molecule has 0 aliphatic heterocycles. The second-order valence-electron chi connectivity index (χ2n) is 6.00. The maximum atomic E-state index is 12.0. The summed E-state index contributed by atoms with van der Waals surface area (Å²) in [5.41, 5.74) is 11.6. The standard InChI is InChI=1S/C13H25N3O/c1-13(8-14,10-5-6-10)16-12(17)7-9-3-2-4-11(9)15/h9-11H,2-8,14-15H2,1H3,(H,16,17)/t9-,11+,13?/m0/s1. The number of hydrogen-bond donors (Lipinski definition) is 3. The molecule has 0 aromatic carbocycles. The highest BCUT2D eigenvalue weighted by molar-refractivity contribution is 5.77. The van der Waals surface area contributed by atoms with Crippen molar-refractivity contribution >= 4 is 5.91 Å². The first-order chi connectivity index (χ1) is 8.05. The van der Waals surface area contributed by atoms with E-state index in [1.54, 1.807) is 0 Å². The molecule has 5 N–H and O–H groups in total. The number of amides is 1. The topological polar surface area (TPSA) is 81.1 Å². The molecule has 17 heavy (non-hydrogen) atoms. The fraction of sp³-hybridized carbons (Fsp3) is 0.923. The van der Waals surface area contributed by atoms with E-state index in [1.165, 1.54) is 12.8 Å². The molecule has 1 unspecified atom stereocenters. The van der Waals surface area contributed by atoms with Gasteiger partial charge in [-0.2, -0.15) is 0 Å². The fourth-order valence-corrected chi connectivity index (χ4v) is 2.97. The van der Waals surface area contributed by atoms with Gasteiger partial charge in [0, 0.05) is 19.0 Å². The summed E-state index contributed by atoms with van der Waals surface area (Å²) in [6, 6.07) is 0.214. The van der Waals surface area contributed by atoms with E-state index in [-0.39, 0.29) is 17.5 Å². The third kappa shape index (κ3) is 2.99. The second kappa shape index (κ2) is 4.94. The predicted molar refractivity (Wildman–Crippen MR) is 68.3 cm³/mol. The molecule has 1 amide bonds. The monoisotopic (exact) mass is 239 g/mol. The summed E-state index contributed by atoms with van der Waals surface area (Å²) in [6.45, 7) is 2.59. The van der Waals surface area contributed by atoms with Crippen molar-refractivity contribution in [1.29, 1.82) is 0 Å². The van der Waals surface area contributed by atoms with Gasteiger partial charge in [0.05, 0.1) is 5.54 Å². The number of nitrogens with two attached hydrogens (primary N) is 2. The van der Waals surface area contributed by atoms with E-state index >= 15 is 0 Å². The molecule has 0 saturated heterocycles. The predicted octanol–water partition coefficient (Wildman–Crippen LogP) is 0.748. The maximum absolute atomic E-state index is 12.0. The van der Waals surface area contributed by atoms with Crippen molar-refractivity contribution in [1.82, 2.24) is 5.32 Å². The van der Waals surface area contributed by atoms with Crippen LogP contribution in [0.2, 0.25) is 0 Å². The first-order valence-corrected chi connectivity index (χ1v) is 6.82. The summed E-state index contributed by atoms with van der Waals surface area (Å²) in [6.07, 6.45) is 6.28. The van der Waals surface area contributed by atoms with Crippen molar-refractivity contribution in [3.8, 4) is 0 Å². The fourth-order valence-electron chi connectivity index (χ4n) is 2.97. The molecule has 0 spiro atoms. The molecule has 4 heteroatoms. The zero-order valence-electron chi connectivity index (χ0n) is 10.7. The van der Waals surface area contributed by atoms with Crippen molar-refractivity contribution in [2.45, 2.75) is 57.0 Å². The van der Waals surface area contributed by atoms with Gasteiger partial charge in [0.15, 0.2) is 0 Å². The van der Waals surface area contributed by atoms with Crippen LogP contribution in [0.4, 0.5) is 0 Å². The highest BCUT2D eigenvalue weighted by atomic mass is 16.1. The van der Waals surface area contributed by atoms with Crippen LogP contribution in [0.3, 0.4) is 0 Å². The van der Waals surface area contributed by atoms with Crippen molar-refractivity contribution in [3.05, 3.63) is 0 Å². The van der Waals surface area contributed by atoms with Gasteiger partial charge >= 0.3 is 0 Å². The van der Waals surface area contributed by atoms with E-state index in [0.717, 1.165) is 19.3 Å². The Hall–Kier alpha value is -0.610. The van der Waals surface area contributed by atoms with Crippen LogP contribution in [0.25, 0.3) is 0 Å². The normalized spacial score (nSPS) is 32.2. The quantitative estimate of drug-likeness (QED) is 0.662. The van der Waals surface area contributed by atoms with Crippen LogP contribution in [0.1, 0.15) is 45.4 Å². The SMILES string of the molecule is CC(CN)(NC(=O)C[C@@H]1CCC[C@H]1N)C1CC1. The lowest BCUT2D eigenvalue weighted by Crippen LogP contribution is -2.53. The van der Waals surface area contributed by atoms with E-state index < -0.39 is 0 Å². The Morgan fingerprint density at radius 1 is 1.35 bits per heavy atom. The number of hydrogen-bond acceptors (Lipinski definition) is 3. The zero-order valence-corrected chi connectivity index (χ0v) is 10.7. The molecule has 0 aromatic rings. The first kappa shape index (κ1) is 12.8. The Bertz CT molecular complexity index is 290. The molecule has 2 aliphatic carbocycles. The summed E-state index contributed by atoms with van der Waals surface area (Å²) >= 11 is 0. The second-order valence-corrected chi connectivity index (χ2v) is 6.00. The lowest BCUT2D eigenvalue weighted by atomic mass is 9.94. The van der Waals surface area contributed by atoms with Gasteiger partial charge in [0.1, 0.15) is 0 Å². The van der Waals surface area contributed by atoms with E-state index in [2.05, 4.69) is 12.2 Å². The van der Waals surface area contributed by atoms with Gasteiger partial charge in [-0.15, -0.1) is 0 Å². The van der Waals surface area contributed by atoms with Gasteiger partial charge in [-0.3, -0.25) is 4.79 Å². The van der Waals surface area contributed by atoms with Crippen molar-refractivity contribution in [3.63, 3.8) is 0 Å². The molecule has 2 aliphatic rings. The van der Waals surface area contributed by atoms with Crippen molar-refractivity contribution in [2.24, 2.45) is 23.3 Å². The molecule has 2 fully saturated rings. The average molecular weight is 239 g/mol. The van der Waals surface area contributed by atoms with Crippen LogP contribution in [0, 0.1) is 11.8 Å². The third-order valence-corrected chi connectivity index (χ3v) is 4.49. The molecule has 2 rings (SSSR count). The molecule has 0 radical (unpaired) electrons. The molecule has 2 saturated carbocycles. The zero-order chi connectivity index (χ0) is 12.5. The van der Waals surface area contributed by atoms with Gasteiger partial charge < -0.3 is 16.8 Å². The minimum atomic E-state index is -0.195. The minimum Gasteiger partial charge on any atom is -0.349 e. The van der Waals surface area contributed by atoms with Crippen molar-refractivity contribution < 1.29 is 4.79 Å². The van der Waals surface area contributed by atoms with Crippen LogP contribution in [0.5, 0.6) is 0 Å². The largest absolute Gasteiger partial charge is 0.349 e. The number of nitrogens with one attached hydrogen (secondary N) is 1. The molecule has 0 heterocycles. The highest BCUT2D eigenvalue weighted by Gasteiger charge is 2.41. The van der Waals surface area contributed by atoms with Crippen LogP contribution in [0.15, 0.2) is 0 Å². The van der Waals surface area contributed by atoms with Gasteiger partial charge in [-0.05, 0) is 44.4 Å². The van der Waals surface area contributed by atoms with Crippen LogP contribution in [-0.4, -0.2) is 24.0 Å². The Morgan fingerprint density at radius 2 is 2.06 bits per heavy atom. The van der Waals surface area contributed by atoms with E-state index in [1.807, 2.05) is 0 Å². The Morgan fingerprint density at radius 3 is 2.53 bits per heavy atom. The molecule has 98 valence electrons. The molecular weight excluding hydrogens is 214 g/mol. The molecular formula is C13H25N3O. The summed E-state index contributed by atoms with van der Waals surface area (Å²) in [7, 11) is 0. The Labute approximate surface area is 103 Å². The molecule has 0 aromatic heterocycles. The van der Waals surface area contributed by atoms with E-state index in [4.69, 9.17) is 11.5 Å². The van der Waals surface area contributed by atoms with E-state index in [9.17, 15) is 4.79 Å². The van der Waals surface area contributed by atoms with Crippen LogP contribution in [-0.2, 0) is 4.79 Å². The molecule has 0 bridgehead atoms. The lowest BCUT2D eigenvalue weighted by Gasteiger charge is -2.30. The molecule has 4 nitrogen and oxygen atoms in total. The van der Waals surface area contributed by atoms with Crippen LogP contribution >= 0.6 is 0 Å². The van der Waals surface area contributed by atoms with Crippen LogP contribution < -0.4 is 16.8 Å². The summed E-state index contributed by atoms with van der Waals surface area (Å²) in [4.78, 5) is 12.0. The van der Waals surface area contributed by atoms with Gasteiger partial charge in [-0.25, -0.2) is 0 Å².